The van der Waals surface area contributed by atoms with Crippen LogP contribution in [0.2, 0.25) is 0 Å². The minimum Gasteiger partial charge on any atom is -0.494 e. The van der Waals surface area contributed by atoms with Crippen LogP contribution in [0.25, 0.3) is 11.8 Å². The Bertz CT molecular complexity index is 1270. The number of nitriles is 1. The molecule has 3 aromatic rings. The number of aromatic nitrogens is 1. The maximum atomic E-state index is 13.0. The van der Waals surface area contributed by atoms with E-state index in [9.17, 15) is 14.9 Å². The van der Waals surface area contributed by atoms with Crippen LogP contribution >= 0.6 is 0 Å². The van der Waals surface area contributed by atoms with E-state index < -0.39 is 18.0 Å². The fourth-order valence-electron chi connectivity index (χ4n) is 3.78. The van der Waals surface area contributed by atoms with Gasteiger partial charge in [0.25, 0.3) is 5.91 Å². The normalized spacial score (nSPS) is 11.9. The predicted octanol–water partition coefficient (Wildman–Crippen LogP) is 4.77. The van der Waals surface area contributed by atoms with Gasteiger partial charge in [0, 0.05) is 36.7 Å². The van der Waals surface area contributed by atoms with Gasteiger partial charge in [-0.15, -0.1) is 0 Å². The number of amides is 1. The van der Waals surface area contributed by atoms with Crippen LogP contribution in [0.15, 0.2) is 66.2 Å². The van der Waals surface area contributed by atoms with Crippen molar-refractivity contribution in [1.29, 1.82) is 5.26 Å². The number of esters is 1. The molecule has 1 amide bonds. The predicted molar refractivity (Wildman–Crippen MR) is 134 cm³/mol. The van der Waals surface area contributed by atoms with Crippen LogP contribution in [-0.2, 0) is 14.3 Å². The maximum Gasteiger partial charge on any atom is 0.350 e. The van der Waals surface area contributed by atoms with Crippen molar-refractivity contribution in [2.75, 3.05) is 20.7 Å². The molecular weight excluding hydrogens is 442 g/mol. The summed E-state index contributed by atoms with van der Waals surface area (Å²) in [4.78, 5) is 27.0. The van der Waals surface area contributed by atoms with Gasteiger partial charge in [-0.05, 0) is 62.7 Å². The minimum atomic E-state index is -1.15. The lowest BCUT2D eigenvalue weighted by Crippen LogP contribution is -2.31. The summed E-state index contributed by atoms with van der Waals surface area (Å²) < 4.78 is 13.1. The van der Waals surface area contributed by atoms with E-state index in [4.69, 9.17) is 9.47 Å². The lowest BCUT2D eigenvalue weighted by molar-refractivity contribution is -0.156. The van der Waals surface area contributed by atoms with Crippen molar-refractivity contribution < 1.29 is 19.1 Å². The number of nitrogens with zero attached hydrogens (tertiary/aromatic N) is 3. The molecule has 35 heavy (non-hydrogen) atoms. The van der Waals surface area contributed by atoms with Crippen molar-refractivity contribution in [3.05, 3.63) is 88.8 Å². The first-order valence-corrected chi connectivity index (χ1v) is 11.3. The summed E-state index contributed by atoms with van der Waals surface area (Å²) in [6.07, 6.45) is 0.351. The number of likely N-dealkylation sites (N-methyl/N-ethyl adjacent to an activating group) is 1. The first kappa shape index (κ1) is 25.3. The molecule has 0 spiro atoms. The summed E-state index contributed by atoms with van der Waals surface area (Å²) in [5.41, 5.74) is 3.78. The molecular formula is C28H29N3O4. The molecule has 0 unspecified atom stereocenters. The number of carbonyl (C=O) groups is 2. The Morgan fingerprint density at radius 3 is 2.31 bits per heavy atom. The molecule has 0 radical (unpaired) electrons. The Balaban J connectivity index is 1.91. The molecule has 1 aromatic heterocycles. The van der Waals surface area contributed by atoms with Crippen LogP contribution < -0.4 is 4.74 Å². The molecule has 0 saturated heterocycles. The van der Waals surface area contributed by atoms with E-state index in [2.05, 4.69) is 0 Å². The fraction of sp³-hybridized carbons (Fsp3) is 0.250. The highest BCUT2D eigenvalue weighted by Gasteiger charge is 2.28. The topological polar surface area (TPSA) is 84.6 Å². The van der Waals surface area contributed by atoms with Gasteiger partial charge in [0.15, 0.2) is 0 Å². The molecule has 180 valence electrons. The zero-order valence-corrected chi connectivity index (χ0v) is 20.6. The Labute approximate surface area is 205 Å². The van der Waals surface area contributed by atoms with E-state index in [-0.39, 0.29) is 5.57 Å². The third-order valence-electron chi connectivity index (χ3n) is 5.51. The highest BCUT2D eigenvalue weighted by atomic mass is 16.5. The van der Waals surface area contributed by atoms with Crippen molar-refractivity contribution in [2.45, 2.75) is 26.9 Å². The summed E-state index contributed by atoms with van der Waals surface area (Å²) in [6.45, 7) is 6.39. The standard InChI is InChI=1S/C28H29N3O4/c1-6-34-25-14-12-24(13-15-25)31-19(2)16-22(20(31)3)17-23(18-29)28(33)35-26(27(32)30(4)5)21-10-8-7-9-11-21/h7-17,26H,6H2,1-5H3/b23-17+/t26-/m1/s1. The van der Waals surface area contributed by atoms with E-state index in [1.165, 1.54) is 11.0 Å². The Morgan fingerprint density at radius 1 is 1.09 bits per heavy atom. The number of benzene rings is 2. The van der Waals surface area contributed by atoms with Crippen LogP contribution in [0.4, 0.5) is 0 Å². The van der Waals surface area contributed by atoms with Crippen LogP contribution in [0.1, 0.15) is 35.5 Å². The number of ether oxygens (including phenoxy) is 2. The van der Waals surface area contributed by atoms with E-state index >= 15 is 0 Å². The van der Waals surface area contributed by atoms with Crippen LogP contribution in [0.3, 0.4) is 0 Å². The summed E-state index contributed by atoms with van der Waals surface area (Å²) >= 11 is 0. The van der Waals surface area contributed by atoms with Gasteiger partial charge in [0.1, 0.15) is 17.4 Å². The van der Waals surface area contributed by atoms with E-state index in [0.29, 0.717) is 17.7 Å². The molecule has 0 N–H and O–H groups in total. The molecule has 0 aliphatic carbocycles. The molecule has 1 atom stereocenters. The van der Waals surface area contributed by atoms with E-state index in [1.54, 1.807) is 38.4 Å². The Morgan fingerprint density at radius 2 is 1.74 bits per heavy atom. The Hall–Kier alpha value is -4.31. The SMILES string of the molecule is CCOc1ccc(-n2c(C)cc(/C=C(\C#N)C(=O)O[C@@H](C(=O)N(C)C)c3ccccc3)c2C)cc1. The number of rotatable bonds is 8. The molecule has 0 bridgehead atoms. The van der Waals surface area contributed by atoms with Gasteiger partial charge >= 0.3 is 5.97 Å². The molecule has 0 fully saturated rings. The molecule has 3 rings (SSSR count). The molecule has 7 nitrogen and oxygen atoms in total. The second-order valence-electron chi connectivity index (χ2n) is 8.19. The summed E-state index contributed by atoms with van der Waals surface area (Å²) in [5, 5.41) is 9.72. The van der Waals surface area contributed by atoms with Gasteiger partial charge in [-0.3, -0.25) is 4.79 Å². The van der Waals surface area contributed by atoms with Crippen molar-refractivity contribution in [1.82, 2.24) is 9.47 Å². The Kier molecular flexibility index (Phi) is 8.11. The highest BCUT2D eigenvalue weighted by Crippen LogP contribution is 2.26. The number of aryl methyl sites for hydroxylation is 1. The molecule has 1 heterocycles. The first-order valence-electron chi connectivity index (χ1n) is 11.3. The lowest BCUT2D eigenvalue weighted by Gasteiger charge is -2.21. The second-order valence-corrected chi connectivity index (χ2v) is 8.19. The fourth-order valence-corrected chi connectivity index (χ4v) is 3.78. The zero-order valence-electron chi connectivity index (χ0n) is 20.6. The average Bonchev–Trinajstić information content (AvgIpc) is 3.14. The summed E-state index contributed by atoms with van der Waals surface area (Å²) in [7, 11) is 3.17. The lowest BCUT2D eigenvalue weighted by atomic mass is 10.1. The smallest absolute Gasteiger partial charge is 0.350 e. The van der Waals surface area contributed by atoms with Gasteiger partial charge in [-0.2, -0.15) is 5.26 Å². The molecule has 7 heteroatoms. The third kappa shape index (κ3) is 5.79. The van der Waals surface area contributed by atoms with Crippen molar-refractivity contribution >= 4 is 18.0 Å². The number of hydrogen-bond donors (Lipinski definition) is 0. The minimum absolute atomic E-state index is 0.190. The van der Waals surface area contributed by atoms with Crippen LogP contribution in [-0.4, -0.2) is 42.0 Å². The maximum absolute atomic E-state index is 13.0. The van der Waals surface area contributed by atoms with E-state index in [1.807, 2.05) is 67.8 Å². The van der Waals surface area contributed by atoms with Gasteiger partial charge in [-0.25, -0.2) is 4.79 Å². The number of carbonyl (C=O) groups excluding carboxylic acids is 2. The molecule has 0 saturated carbocycles. The van der Waals surface area contributed by atoms with E-state index in [0.717, 1.165) is 22.8 Å². The second kappa shape index (κ2) is 11.2. The third-order valence-corrected chi connectivity index (χ3v) is 5.51. The zero-order chi connectivity index (χ0) is 25.5. The average molecular weight is 472 g/mol. The van der Waals surface area contributed by atoms with Crippen molar-refractivity contribution in [3.8, 4) is 17.5 Å². The number of hydrogen-bond acceptors (Lipinski definition) is 5. The van der Waals surface area contributed by atoms with Gasteiger partial charge in [0.05, 0.1) is 6.61 Å². The quantitative estimate of drug-likeness (QED) is 0.268. The van der Waals surface area contributed by atoms with Crippen molar-refractivity contribution in [2.24, 2.45) is 0 Å². The largest absolute Gasteiger partial charge is 0.494 e. The summed E-state index contributed by atoms with van der Waals surface area (Å²) in [6, 6.07) is 20.3. The van der Waals surface area contributed by atoms with Gasteiger partial charge < -0.3 is 18.9 Å². The van der Waals surface area contributed by atoms with Crippen LogP contribution in [0.5, 0.6) is 5.75 Å². The molecule has 0 aliphatic heterocycles. The van der Waals surface area contributed by atoms with Gasteiger partial charge in [0.2, 0.25) is 6.10 Å². The summed E-state index contributed by atoms with van der Waals surface area (Å²) in [5.74, 6) is -0.466. The molecule has 2 aromatic carbocycles. The van der Waals surface area contributed by atoms with Crippen LogP contribution in [0, 0.1) is 25.2 Å². The first-order chi connectivity index (χ1) is 16.8. The van der Waals surface area contributed by atoms with Crippen molar-refractivity contribution in [3.63, 3.8) is 0 Å². The highest BCUT2D eigenvalue weighted by molar-refractivity contribution is 5.99. The monoisotopic (exact) mass is 471 g/mol. The molecule has 0 aliphatic rings. The van der Waals surface area contributed by atoms with Gasteiger partial charge in [-0.1, -0.05) is 30.3 Å².